The molecule has 1 heterocycles. The Hall–Kier alpha value is -0.900. The maximum absolute atomic E-state index is 10.7. The van der Waals surface area contributed by atoms with Gasteiger partial charge in [-0.25, -0.2) is 4.98 Å². The van der Waals surface area contributed by atoms with Crippen molar-refractivity contribution >= 4 is 17.3 Å². The highest BCUT2D eigenvalue weighted by Crippen LogP contribution is 2.49. The second-order valence-corrected chi connectivity index (χ2v) is 5.06. The van der Waals surface area contributed by atoms with Gasteiger partial charge in [-0.15, -0.1) is 11.3 Å². The van der Waals surface area contributed by atoms with Crippen molar-refractivity contribution in [1.29, 1.82) is 0 Å². The summed E-state index contributed by atoms with van der Waals surface area (Å²) in [6.07, 6.45) is 3.31. The number of carboxylic acids is 1. The van der Waals surface area contributed by atoms with Gasteiger partial charge in [0.2, 0.25) is 0 Å². The van der Waals surface area contributed by atoms with Crippen LogP contribution < -0.4 is 0 Å². The molecular formula is C10H11NO2S. The molecule has 3 nitrogen and oxygen atoms in total. The predicted molar refractivity (Wildman–Crippen MR) is 52.6 cm³/mol. The van der Waals surface area contributed by atoms with Crippen molar-refractivity contribution in [2.24, 2.45) is 5.92 Å². The van der Waals surface area contributed by atoms with Crippen molar-refractivity contribution in [3.63, 3.8) is 0 Å². The summed E-state index contributed by atoms with van der Waals surface area (Å²) in [6, 6.07) is 0. The molecule has 0 unspecified atom stereocenters. The maximum atomic E-state index is 10.7. The lowest BCUT2D eigenvalue weighted by Gasteiger charge is -1.90. The van der Waals surface area contributed by atoms with Gasteiger partial charge in [-0.05, 0) is 19.3 Å². The number of aliphatic carboxylic acids is 1. The predicted octanol–water partition coefficient (Wildman–Crippen LogP) is 2.21. The Bertz CT molecular complexity index is 383. The van der Waals surface area contributed by atoms with Gasteiger partial charge in [0.25, 0.3) is 0 Å². The van der Waals surface area contributed by atoms with Crippen LogP contribution in [0, 0.1) is 5.92 Å². The van der Waals surface area contributed by atoms with Crippen LogP contribution in [0.25, 0.3) is 0 Å². The third-order valence-corrected chi connectivity index (χ3v) is 3.98. The summed E-state index contributed by atoms with van der Waals surface area (Å²) in [5, 5.41) is 12.1. The molecule has 74 valence electrons. The molecule has 2 fully saturated rings. The summed E-state index contributed by atoms with van der Waals surface area (Å²) in [4.78, 5) is 15.2. The first-order valence-corrected chi connectivity index (χ1v) is 5.82. The van der Waals surface area contributed by atoms with Crippen LogP contribution in [0.15, 0.2) is 5.38 Å². The first-order valence-electron chi connectivity index (χ1n) is 4.94. The van der Waals surface area contributed by atoms with E-state index >= 15 is 0 Å². The van der Waals surface area contributed by atoms with Gasteiger partial charge in [0.15, 0.2) is 0 Å². The van der Waals surface area contributed by atoms with Gasteiger partial charge < -0.3 is 5.11 Å². The summed E-state index contributed by atoms with van der Waals surface area (Å²) < 4.78 is 0. The molecular weight excluding hydrogens is 198 g/mol. The first kappa shape index (κ1) is 8.41. The van der Waals surface area contributed by atoms with E-state index in [9.17, 15) is 4.79 Å². The largest absolute Gasteiger partial charge is 0.481 e. The SMILES string of the molecule is O=C(O)[C@@H]1C[C@H]1c1csc(C2CC2)n1. The average Bonchev–Trinajstić information content (AvgIpc) is 3.05. The van der Waals surface area contributed by atoms with Crippen molar-refractivity contribution in [2.45, 2.75) is 31.1 Å². The number of rotatable bonds is 3. The standard InChI is InChI=1S/C10H11NO2S/c12-10(13)7-3-6(7)8-4-14-9(11-8)5-1-2-5/h4-7H,1-3H2,(H,12,13)/t6-,7-/m1/s1. The lowest BCUT2D eigenvalue weighted by molar-refractivity contribution is -0.138. The van der Waals surface area contributed by atoms with Crippen LogP contribution in [0.2, 0.25) is 0 Å². The Morgan fingerprint density at radius 2 is 2.36 bits per heavy atom. The molecule has 0 radical (unpaired) electrons. The molecule has 2 saturated carbocycles. The van der Waals surface area contributed by atoms with Crippen molar-refractivity contribution in [1.82, 2.24) is 4.98 Å². The van der Waals surface area contributed by atoms with Crippen LogP contribution in [0.1, 0.15) is 41.8 Å². The second kappa shape index (κ2) is 2.79. The van der Waals surface area contributed by atoms with E-state index < -0.39 is 5.97 Å². The molecule has 1 aromatic rings. The lowest BCUT2D eigenvalue weighted by atomic mass is 10.2. The number of nitrogens with zero attached hydrogens (tertiary/aromatic N) is 1. The molecule has 2 aliphatic carbocycles. The molecule has 2 atom stereocenters. The summed E-state index contributed by atoms with van der Waals surface area (Å²) in [5.74, 6) is 0.0622. The number of carbonyl (C=O) groups is 1. The van der Waals surface area contributed by atoms with Crippen LogP contribution in [-0.4, -0.2) is 16.1 Å². The number of carboxylic acid groups (broad SMARTS) is 1. The fourth-order valence-electron chi connectivity index (χ4n) is 1.78. The zero-order valence-electron chi connectivity index (χ0n) is 7.64. The molecule has 1 N–H and O–H groups in total. The van der Waals surface area contributed by atoms with Crippen molar-refractivity contribution in [2.75, 3.05) is 0 Å². The van der Waals surface area contributed by atoms with E-state index in [1.807, 2.05) is 5.38 Å². The number of hydrogen-bond acceptors (Lipinski definition) is 3. The Kier molecular flexibility index (Phi) is 1.68. The number of thiazole rings is 1. The Morgan fingerprint density at radius 3 is 2.93 bits per heavy atom. The van der Waals surface area contributed by atoms with E-state index in [2.05, 4.69) is 4.98 Å². The first-order chi connectivity index (χ1) is 6.75. The fourth-order valence-corrected chi connectivity index (χ4v) is 2.84. The smallest absolute Gasteiger partial charge is 0.307 e. The van der Waals surface area contributed by atoms with Gasteiger partial charge in [0.05, 0.1) is 16.6 Å². The minimum atomic E-state index is -0.670. The summed E-state index contributed by atoms with van der Waals surface area (Å²) in [6.45, 7) is 0. The Balaban J connectivity index is 1.75. The number of hydrogen-bond donors (Lipinski definition) is 1. The van der Waals surface area contributed by atoms with E-state index in [1.54, 1.807) is 11.3 Å². The van der Waals surface area contributed by atoms with E-state index in [4.69, 9.17) is 5.11 Å². The lowest BCUT2D eigenvalue weighted by Crippen LogP contribution is -1.99. The molecule has 3 rings (SSSR count). The molecule has 0 aromatic carbocycles. The minimum absolute atomic E-state index is 0.163. The van der Waals surface area contributed by atoms with Crippen LogP contribution in [0.3, 0.4) is 0 Å². The average molecular weight is 209 g/mol. The molecule has 0 aliphatic heterocycles. The highest BCUT2D eigenvalue weighted by atomic mass is 32.1. The highest BCUT2D eigenvalue weighted by Gasteiger charge is 2.46. The summed E-state index contributed by atoms with van der Waals surface area (Å²) in [5.41, 5.74) is 1.02. The maximum Gasteiger partial charge on any atom is 0.307 e. The summed E-state index contributed by atoms with van der Waals surface area (Å²) in [7, 11) is 0. The van der Waals surface area contributed by atoms with Crippen LogP contribution in [0.5, 0.6) is 0 Å². The van der Waals surface area contributed by atoms with Gasteiger partial charge in [-0.2, -0.15) is 0 Å². The van der Waals surface area contributed by atoms with E-state index in [1.165, 1.54) is 17.8 Å². The third kappa shape index (κ3) is 1.34. The van der Waals surface area contributed by atoms with Crippen molar-refractivity contribution in [3.8, 4) is 0 Å². The van der Waals surface area contributed by atoms with Gasteiger partial charge in [0, 0.05) is 17.2 Å². The summed E-state index contributed by atoms with van der Waals surface area (Å²) >= 11 is 1.70. The zero-order valence-corrected chi connectivity index (χ0v) is 8.46. The number of aromatic nitrogens is 1. The van der Waals surface area contributed by atoms with Gasteiger partial charge in [-0.3, -0.25) is 4.79 Å². The highest BCUT2D eigenvalue weighted by molar-refractivity contribution is 7.09. The Morgan fingerprint density at radius 1 is 1.57 bits per heavy atom. The minimum Gasteiger partial charge on any atom is -0.481 e. The van der Waals surface area contributed by atoms with Crippen molar-refractivity contribution in [3.05, 3.63) is 16.1 Å². The quantitative estimate of drug-likeness (QED) is 0.830. The third-order valence-electron chi connectivity index (χ3n) is 2.95. The molecule has 0 amide bonds. The van der Waals surface area contributed by atoms with Gasteiger partial charge in [0.1, 0.15) is 0 Å². The molecule has 1 aromatic heterocycles. The molecule has 2 aliphatic rings. The molecule has 0 saturated heterocycles. The monoisotopic (exact) mass is 209 g/mol. The molecule has 0 spiro atoms. The normalized spacial score (nSPS) is 30.3. The topological polar surface area (TPSA) is 50.2 Å². The molecule has 4 heteroatoms. The molecule has 0 bridgehead atoms. The van der Waals surface area contributed by atoms with E-state index in [-0.39, 0.29) is 11.8 Å². The molecule has 14 heavy (non-hydrogen) atoms. The van der Waals surface area contributed by atoms with Gasteiger partial charge in [-0.1, -0.05) is 0 Å². The van der Waals surface area contributed by atoms with E-state index in [0.717, 1.165) is 12.1 Å². The Labute approximate surface area is 85.8 Å². The van der Waals surface area contributed by atoms with E-state index in [0.29, 0.717) is 5.92 Å². The van der Waals surface area contributed by atoms with Crippen LogP contribution >= 0.6 is 11.3 Å². The van der Waals surface area contributed by atoms with Crippen molar-refractivity contribution < 1.29 is 9.90 Å². The van der Waals surface area contributed by atoms with Gasteiger partial charge >= 0.3 is 5.97 Å². The fraction of sp³-hybridized carbons (Fsp3) is 0.600. The van der Waals surface area contributed by atoms with Crippen LogP contribution in [-0.2, 0) is 4.79 Å². The second-order valence-electron chi connectivity index (χ2n) is 4.17. The van der Waals surface area contributed by atoms with Crippen LogP contribution in [0.4, 0.5) is 0 Å². The zero-order chi connectivity index (χ0) is 9.71.